The molecule has 2 heterocycles. The average Bonchev–Trinajstić information content (AvgIpc) is 2.69. The number of hydrogen-bond donors (Lipinski definition) is 0. The molecule has 0 aliphatic rings. The summed E-state index contributed by atoms with van der Waals surface area (Å²) in [4.78, 5) is 15.6. The van der Waals surface area contributed by atoms with E-state index in [2.05, 4.69) is 10.1 Å². The van der Waals surface area contributed by atoms with Crippen molar-refractivity contribution in [2.45, 2.75) is 6.92 Å². The van der Waals surface area contributed by atoms with E-state index in [1.807, 2.05) is 6.92 Å². The molecule has 0 saturated carbocycles. The Morgan fingerprint density at radius 1 is 1.53 bits per heavy atom. The van der Waals surface area contributed by atoms with Crippen molar-refractivity contribution in [3.63, 3.8) is 0 Å². The number of carbonyl (C=O) groups is 1. The number of rotatable bonds is 4. The van der Waals surface area contributed by atoms with Crippen LogP contribution in [-0.4, -0.2) is 33.6 Å². The lowest BCUT2D eigenvalue weighted by Crippen LogP contribution is -2.08. The summed E-state index contributed by atoms with van der Waals surface area (Å²) in [5, 5.41) is 4.05. The zero-order valence-electron chi connectivity index (χ0n) is 8.38. The van der Waals surface area contributed by atoms with E-state index < -0.39 is 0 Å². The fourth-order valence-corrected chi connectivity index (χ4v) is 1.32. The van der Waals surface area contributed by atoms with Gasteiger partial charge < -0.3 is 4.74 Å². The van der Waals surface area contributed by atoms with Gasteiger partial charge in [-0.3, -0.25) is 9.78 Å². The Bertz CT molecular complexity index is 478. The van der Waals surface area contributed by atoms with E-state index >= 15 is 0 Å². The number of nitrogens with zero attached hydrogens (tertiary/aromatic N) is 3. The van der Waals surface area contributed by atoms with Gasteiger partial charge in [-0.25, -0.2) is 4.52 Å². The summed E-state index contributed by atoms with van der Waals surface area (Å²) in [7, 11) is 0. The second kappa shape index (κ2) is 4.18. The highest BCUT2D eigenvalue weighted by Gasteiger charge is 2.12. The van der Waals surface area contributed by atoms with Crippen LogP contribution in [-0.2, 0) is 4.74 Å². The molecular formula is C10H11N3O2. The normalized spacial score (nSPS) is 10.7. The molecule has 0 unspecified atom stereocenters. The molecule has 2 rings (SSSR count). The second-order valence-electron chi connectivity index (χ2n) is 3.02. The Morgan fingerprint density at radius 2 is 2.40 bits per heavy atom. The summed E-state index contributed by atoms with van der Waals surface area (Å²) >= 11 is 0. The Labute approximate surface area is 86.7 Å². The van der Waals surface area contributed by atoms with E-state index in [-0.39, 0.29) is 12.4 Å². The predicted molar refractivity (Wildman–Crippen MR) is 53.8 cm³/mol. The highest BCUT2D eigenvalue weighted by Crippen LogP contribution is 2.09. The van der Waals surface area contributed by atoms with Crippen molar-refractivity contribution >= 4 is 11.3 Å². The van der Waals surface area contributed by atoms with E-state index in [0.29, 0.717) is 17.7 Å². The number of hydrogen-bond acceptors (Lipinski definition) is 4. The number of aromatic nitrogens is 3. The Hall–Kier alpha value is -1.75. The standard InChI is InChI=1S/C10H11N3O2/c1-2-15-7-10(14)8-5-12-13-4-3-11-6-9(8)13/h3-6H,2,7H2,1H3. The molecule has 0 atom stereocenters. The first-order chi connectivity index (χ1) is 7.33. The largest absolute Gasteiger partial charge is 0.374 e. The van der Waals surface area contributed by atoms with Crippen molar-refractivity contribution in [1.82, 2.24) is 14.6 Å². The summed E-state index contributed by atoms with van der Waals surface area (Å²) in [6.07, 6.45) is 6.48. The maximum atomic E-state index is 11.7. The first kappa shape index (κ1) is 9.79. The van der Waals surface area contributed by atoms with Gasteiger partial charge in [-0.15, -0.1) is 0 Å². The van der Waals surface area contributed by atoms with Crippen LogP contribution < -0.4 is 0 Å². The molecule has 0 radical (unpaired) electrons. The number of ether oxygens (including phenoxy) is 1. The molecule has 5 nitrogen and oxygen atoms in total. The van der Waals surface area contributed by atoms with Crippen LogP contribution in [0, 0.1) is 0 Å². The van der Waals surface area contributed by atoms with Gasteiger partial charge in [0.15, 0.2) is 5.78 Å². The van der Waals surface area contributed by atoms with Gasteiger partial charge >= 0.3 is 0 Å². The molecule has 0 aliphatic carbocycles. The minimum atomic E-state index is -0.0696. The van der Waals surface area contributed by atoms with Gasteiger partial charge in [0.25, 0.3) is 0 Å². The van der Waals surface area contributed by atoms with Crippen LogP contribution in [0.3, 0.4) is 0 Å². The fraction of sp³-hybridized carbons (Fsp3) is 0.300. The first-order valence-corrected chi connectivity index (χ1v) is 4.71. The molecule has 0 bridgehead atoms. The van der Waals surface area contributed by atoms with Crippen molar-refractivity contribution in [2.75, 3.05) is 13.2 Å². The van der Waals surface area contributed by atoms with E-state index in [9.17, 15) is 4.79 Å². The third-order valence-corrected chi connectivity index (χ3v) is 2.06. The monoisotopic (exact) mass is 205 g/mol. The zero-order valence-corrected chi connectivity index (χ0v) is 8.38. The van der Waals surface area contributed by atoms with Crippen molar-refractivity contribution in [3.8, 4) is 0 Å². The van der Waals surface area contributed by atoms with Gasteiger partial charge in [-0.05, 0) is 6.92 Å². The quantitative estimate of drug-likeness (QED) is 0.697. The van der Waals surface area contributed by atoms with Crippen LogP contribution in [0.2, 0.25) is 0 Å². The molecular weight excluding hydrogens is 194 g/mol. The van der Waals surface area contributed by atoms with Crippen molar-refractivity contribution in [2.24, 2.45) is 0 Å². The number of ketones is 1. The maximum Gasteiger partial charge on any atom is 0.192 e. The topological polar surface area (TPSA) is 56.5 Å². The lowest BCUT2D eigenvalue weighted by atomic mass is 10.2. The predicted octanol–water partition coefficient (Wildman–Crippen LogP) is 0.948. The van der Waals surface area contributed by atoms with Crippen LogP contribution in [0.15, 0.2) is 24.8 Å². The molecule has 2 aromatic heterocycles. The van der Waals surface area contributed by atoms with Crippen molar-refractivity contribution < 1.29 is 9.53 Å². The van der Waals surface area contributed by atoms with Gasteiger partial charge in [0.1, 0.15) is 6.61 Å². The first-order valence-electron chi connectivity index (χ1n) is 4.71. The van der Waals surface area contributed by atoms with Crippen LogP contribution in [0.5, 0.6) is 0 Å². The van der Waals surface area contributed by atoms with Crippen molar-refractivity contribution in [3.05, 3.63) is 30.4 Å². The van der Waals surface area contributed by atoms with Crippen LogP contribution in [0.1, 0.15) is 17.3 Å². The molecule has 0 spiro atoms. The van der Waals surface area contributed by atoms with Gasteiger partial charge in [-0.1, -0.05) is 0 Å². The Morgan fingerprint density at radius 3 is 3.20 bits per heavy atom. The third kappa shape index (κ3) is 1.87. The summed E-state index contributed by atoms with van der Waals surface area (Å²) in [5.41, 5.74) is 1.26. The molecule has 0 aromatic carbocycles. The summed E-state index contributed by atoms with van der Waals surface area (Å²) in [6.45, 7) is 2.47. The molecule has 0 saturated heterocycles. The molecule has 5 heteroatoms. The number of Topliss-reactive ketones (excluding diaryl/α,β-unsaturated/α-hetero) is 1. The molecule has 0 amide bonds. The average molecular weight is 205 g/mol. The lowest BCUT2D eigenvalue weighted by molar-refractivity contribution is 0.0785. The highest BCUT2D eigenvalue weighted by atomic mass is 16.5. The van der Waals surface area contributed by atoms with Crippen LogP contribution in [0.25, 0.3) is 5.52 Å². The molecule has 2 aromatic rings. The summed E-state index contributed by atoms with van der Waals surface area (Å²) < 4.78 is 6.68. The Kier molecular flexibility index (Phi) is 2.73. The molecule has 0 fully saturated rings. The second-order valence-corrected chi connectivity index (χ2v) is 3.02. The summed E-state index contributed by atoms with van der Waals surface area (Å²) in [5.74, 6) is -0.0696. The molecule has 15 heavy (non-hydrogen) atoms. The van der Waals surface area contributed by atoms with Crippen LogP contribution >= 0.6 is 0 Å². The summed E-state index contributed by atoms with van der Waals surface area (Å²) in [6, 6.07) is 0. The maximum absolute atomic E-state index is 11.7. The van der Waals surface area contributed by atoms with E-state index in [0.717, 1.165) is 0 Å². The number of carbonyl (C=O) groups excluding carboxylic acids is 1. The van der Waals surface area contributed by atoms with E-state index in [1.54, 1.807) is 29.3 Å². The van der Waals surface area contributed by atoms with E-state index in [1.165, 1.54) is 0 Å². The van der Waals surface area contributed by atoms with Gasteiger partial charge in [0.2, 0.25) is 0 Å². The van der Waals surface area contributed by atoms with Gasteiger partial charge in [0.05, 0.1) is 23.5 Å². The smallest absolute Gasteiger partial charge is 0.192 e. The minimum absolute atomic E-state index is 0.0696. The van der Waals surface area contributed by atoms with E-state index in [4.69, 9.17) is 4.74 Å². The van der Waals surface area contributed by atoms with Gasteiger partial charge in [-0.2, -0.15) is 5.10 Å². The molecule has 0 aliphatic heterocycles. The van der Waals surface area contributed by atoms with Crippen molar-refractivity contribution in [1.29, 1.82) is 0 Å². The molecule has 0 N–H and O–H groups in total. The fourth-order valence-electron chi connectivity index (χ4n) is 1.32. The Balaban J connectivity index is 2.31. The highest BCUT2D eigenvalue weighted by molar-refractivity contribution is 6.02. The third-order valence-electron chi connectivity index (χ3n) is 2.06. The number of fused-ring (bicyclic) bond motifs is 1. The minimum Gasteiger partial charge on any atom is -0.374 e. The van der Waals surface area contributed by atoms with Gasteiger partial charge in [0, 0.05) is 19.0 Å². The SMILES string of the molecule is CCOCC(=O)c1cnn2ccncc12. The lowest BCUT2D eigenvalue weighted by Gasteiger charge is -1.98. The zero-order chi connectivity index (χ0) is 10.7. The van der Waals surface area contributed by atoms with Crippen LogP contribution in [0.4, 0.5) is 0 Å². The molecule has 78 valence electrons.